The fraction of sp³-hybridized carbons (Fsp3) is 0.280. The van der Waals surface area contributed by atoms with Crippen molar-refractivity contribution in [1.82, 2.24) is 0 Å². The summed E-state index contributed by atoms with van der Waals surface area (Å²) in [5.74, 6) is -2.34. The van der Waals surface area contributed by atoms with Crippen LogP contribution in [0.15, 0.2) is 60.7 Å². The highest BCUT2D eigenvalue weighted by molar-refractivity contribution is 6.22. The summed E-state index contributed by atoms with van der Waals surface area (Å²) in [5, 5.41) is 2.74. The molecule has 1 aliphatic heterocycles. The van der Waals surface area contributed by atoms with Gasteiger partial charge in [0.05, 0.1) is 23.1 Å². The van der Waals surface area contributed by atoms with Crippen molar-refractivity contribution >= 4 is 35.1 Å². The number of aryl methyl sites for hydroxylation is 1. The molecule has 1 fully saturated rings. The molecule has 3 amide bonds. The van der Waals surface area contributed by atoms with Gasteiger partial charge in [0.2, 0.25) is 11.8 Å². The molecular weight excluding hydrogens is 408 g/mol. The van der Waals surface area contributed by atoms with Gasteiger partial charge < -0.3 is 10.1 Å². The van der Waals surface area contributed by atoms with Crippen molar-refractivity contribution < 1.29 is 23.9 Å². The topological polar surface area (TPSA) is 92.8 Å². The first-order valence-corrected chi connectivity index (χ1v) is 10.7. The molecule has 2 aromatic rings. The van der Waals surface area contributed by atoms with E-state index in [1.54, 1.807) is 18.2 Å². The van der Waals surface area contributed by atoms with E-state index >= 15 is 0 Å². The van der Waals surface area contributed by atoms with Gasteiger partial charge in [0.25, 0.3) is 5.91 Å². The molecule has 164 valence electrons. The van der Waals surface area contributed by atoms with Gasteiger partial charge in [-0.25, -0.2) is 4.79 Å². The number of nitrogens with one attached hydrogen (secondary N) is 1. The molecule has 0 aromatic heterocycles. The summed E-state index contributed by atoms with van der Waals surface area (Å²) >= 11 is 0. The number of allylic oxidation sites excluding steroid dienone is 2. The maximum Gasteiger partial charge on any atom is 0.338 e. The second-order valence-corrected chi connectivity index (χ2v) is 7.85. The third-order valence-electron chi connectivity index (χ3n) is 5.85. The minimum atomic E-state index is -0.705. The summed E-state index contributed by atoms with van der Waals surface area (Å²) in [7, 11) is 0. The molecule has 7 nitrogen and oxygen atoms in total. The Kier molecular flexibility index (Phi) is 6.16. The number of carbonyl (C=O) groups excluding carboxylic acids is 4. The summed E-state index contributed by atoms with van der Waals surface area (Å²) in [6.45, 7) is 1.54. The number of ether oxygens (including phenoxy) is 1. The fourth-order valence-electron chi connectivity index (χ4n) is 4.18. The average Bonchev–Trinajstić information content (AvgIpc) is 3.08. The van der Waals surface area contributed by atoms with Crippen LogP contribution >= 0.6 is 0 Å². The molecule has 1 aliphatic carbocycles. The van der Waals surface area contributed by atoms with Crippen LogP contribution in [0.25, 0.3) is 0 Å². The molecule has 1 saturated heterocycles. The molecule has 2 aromatic carbocycles. The maximum atomic E-state index is 12.8. The SMILES string of the molecule is CCc1ccccc1NC(=O)COC(=O)c1cccc(N2C(=O)[C@H]3CC=CC[C@H]3C2=O)c1. The summed E-state index contributed by atoms with van der Waals surface area (Å²) in [4.78, 5) is 51.4. The molecule has 0 unspecified atom stereocenters. The molecule has 4 rings (SSSR count). The van der Waals surface area contributed by atoms with Crippen LogP contribution in [-0.2, 0) is 25.5 Å². The van der Waals surface area contributed by atoms with E-state index in [0.29, 0.717) is 24.2 Å². The zero-order chi connectivity index (χ0) is 22.7. The van der Waals surface area contributed by atoms with E-state index in [1.807, 2.05) is 37.3 Å². The first-order chi connectivity index (χ1) is 15.5. The average molecular weight is 432 g/mol. The minimum absolute atomic E-state index is 0.165. The second-order valence-electron chi connectivity index (χ2n) is 7.85. The Hall–Kier alpha value is -3.74. The fourth-order valence-corrected chi connectivity index (χ4v) is 4.18. The van der Waals surface area contributed by atoms with Crippen LogP contribution in [0.1, 0.15) is 35.7 Å². The summed E-state index contributed by atoms with van der Waals surface area (Å²) in [6, 6.07) is 13.6. The van der Waals surface area contributed by atoms with Gasteiger partial charge in [0, 0.05) is 5.69 Å². The van der Waals surface area contributed by atoms with E-state index in [0.717, 1.165) is 16.9 Å². The van der Waals surface area contributed by atoms with E-state index in [1.165, 1.54) is 12.1 Å². The molecule has 0 spiro atoms. The normalized spacial score (nSPS) is 19.6. The molecule has 0 saturated carbocycles. The summed E-state index contributed by atoms with van der Waals surface area (Å²) in [5.41, 5.74) is 2.17. The van der Waals surface area contributed by atoms with Crippen LogP contribution in [0.2, 0.25) is 0 Å². The van der Waals surface area contributed by atoms with Gasteiger partial charge in [0.15, 0.2) is 6.61 Å². The Bertz CT molecular complexity index is 1080. The molecule has 0 radical (unpaired) electrons. The first kappa shape index (κ1) is 21.5. The van der Waals surface area contributed by atoms with Gasteiger partial charge in [0.1, 0.15) is 0 Å². The Morgan fingerprint density at radius 2 is 1.69 bits per heavy atom. The highest BCUT2D eigenvalue weighted by Gasteiger charge is 2.47. The van der Waals surface area contributed by atoms with E-state index in [4.69, 9.17) is 4.74 Å². The number of para-hydroxylation sites is 1. The molecule has 2 aliphatic rings. The van der Waals surface area contributed by atoms with Crippen LogP contribution in [0.3, 0.4) is 0 Å². The zero-order valence-corrected chi connectivity index (χ0v) is 17.7. The lowest BCUT2D eigenvalue weighted by Crippen LogP contribution is -2.31. The van der Waals surface area contributed by atoms with E-state index < -0.39 is 18.5 Å². The van der Waals surface area contributed by atoms with Gasteiger partial charge in [-0.05, 0) is 49.1 Å². The van der Waals surface area contributed by atoms with Crippen LogP contribution in [0.4, 0.5) is 11.4 Å². The van der Waals surface area contributed by atoms with Crippen molar-refractivity contribution in [1.29, 1.82) is 0 Å². The van der Waals surface area contributed by atoms with E-state index in [2.05, 4.69) is 5.32 Å². The predicted molar refractivity (Wildman–Crippen MR) is 119 cm³/mol. The zero-order valence-electron chi connectivity index (χ0n) is 17.7. The lowest BCUT2D eigenvalue weighted by Gasteiger charge is -2.15. The Morgan fingerprint density at radius 3 is 2.38 bits per heavy atom. The maximum absolute atomic E-state index is 12.8. The van der Waals surface area contributed by atoms with Gasteiger partial charge in [-0.1, -0.05) is 43.3 Å². The van der Waals surface area contributed by atoms with Crippen molar-refractivity contribution in [3.63, 3.8) is 0 Å². The molecule has 7 heteroatoms. The molecule has 2 atom stereocenters. The lowest BCUT2D eigenvalue weighted by atomic mass is 9.85. The second kappa shape index (κ2) is 9.18. The number of nitrogens with zero attached hydrogens (tertiary/aromatic N) is 1. The monoisotopic (exact) mass is 432 g/mol. The number of anilines is 2. The lowest BCUT2D eigenvalue weighted by molar-refractivity contribution is -0.122. The molecule has 1 heterocycles. The number of benzene rings is 2. The van der Waals surface area contributed by atoms with Crippen molar-refractivity contribution in [2.45, 2.75) is 26.2 Å². The summed E-state index contributed by atoms with van der Waals surface area (Å²) in [6.07, 6.45) is 5.70. The van der Waals surface area contributed by atoms with Crippen molar-refractivity contribution in [3.05, 3.63) is 71.8 Å². The Morgan fingerprint density at radius 1 is 1.00 bits per heavy atom. The smallest absolute Gasteiger partial charge is 0.338 e. The number of carbonyl (C=O) groups is 4. The first-order valence-electron chi connectivity index (χ1n) is 10.7. The van der Waals surface area contributed by atoms with E-state index in [9.17, 15) is 19.2 Å². The summed E-state index contributed by atoms with van der Waals surface area (Å²) < 4.78 is 5.15. The van der Waals surface area contributed by atoms with Gasteiger partial charge in [-0.2, -0.15) is 0 Å². The molecule has 1 N–H and O–H groups in total. The largest absolute Gasteiger partial charge is 0.452 e. The highest BCUT2D eigenvalue weighted by Crippen LogP contribution is 2.37. The molecular formula is C25H24N2O5. The van der Waals surface area contributed by atoms with Gasteiger partial charge >= 0.3 is 5.97 Å². The van der Waals surface area contributed by atoms with Crippen molar-refractivity contribution in [2.24, 2.45) is 11.8 Å². The number of hydrogen-bond donors (Lipinski definition) is 1. The van der Waals surface area contributed by atoms with Crippen LogP contribution < -0.4 is 10.2 Å². The van der Waals surface area contributed by atoms with Gasteiger partial charge in [-0.15, -0.1) is 0 Å². The standard InChI is InChI=1S/C25H24N2O5/c1-2-16-8-3-6-13-21(16)26-22(28)15-32-25(31)17-9-7-10-18(14-17)27-23(29)19-11-4-5-12-20(19)24(27)30/h3-10,13-14,19-20H,2,11-12,15H2,1H3,(H,26,28)/t19-,20+. The minimum Gasteiger partial charge on any atom is -0.452 e. The number of esters is 1. The van der Waals surface area contributed by atoms with Crippen LogP contribution in [-0.4, -0.2) is 30.3 Å². The molecule has 32 heavy (non-hydrogen) atoms. The van der Waals surface area contributed by atoms with Crippen LogP contribution in [0, 0.1) is 11.8 Å². The number of rotatable bonds is 6. The quantitative estimate of drug-likeness (QED) is 0.428. The predicted octanol–water partition coefficient (Wildman–Crippen LogP) is 3.50. The third-order valence-corrected chi connectivity index (χ3v) is 5.85. The number of imide groups is 1. The third kappa shape index (κ3) is 4.19. The van der Waals surface area contributed by atoms with Crippen molar-refractivity contribution in [2.75, 3.05) is 16.8 Å². The number of amides is 3. The number of fused-ring (bicyclic) bond motifs is 1. The Labute approximate surface area is 186 Å². The number of hydrogen-bond acceptors (Lipinski definition) is 5. The Balaban J connectivity index is 1.41. The van der Waals surface area contributed by atoms with Crippen molar-refractivity contribution in [3.8, 4) is 0 Å². The van der Waals surface area contributed by atoms with Crippen LogP contribution in [0.5, 0.6) is 0 Å². The highest BCUT2D eigenvalue weighted by atomic mass is 16.5. The van der Waals surface area contributed by atoms with E-state index in [-0.39, 0.29) is 29.2 Å². The van der Waals surface area contributed by atoms with Gasteiger partial charge in [-0.3, -0.25) is 19.3 Å². The molecule has 0 bridgehead atoms.